The molecule has 0 bridgehead atoms. The number of anilines is 1. The standard InChI is InChI=1S/C24H31N5O4/c1-5-19(30)18-12-21(28-24(27-18)33-15(2)14-31-3)29-10-7-16(8-11-29)17-13-26-23-22(17)20(32-4)6-9-25-23/h6,9,12-13,15-16H,5,7-8,10-11,14H2,1-4H3,(H,25,26)/t15-/m1/s1. The van der Waals surface area contributed by atoms with Gasteiger partial charge in [0.25, 0.3) is 0 Å². The van der Waals surface area contributed by atoms with E-state index in [1.165, 1.54) is 5.56 Å². The third kappa shape index (κ3) is 4.93. The van der Waals surface area contributed by atoms with E-state index in [4.69, 9.17) is 14.2 Å². The fraction of sp³-hybridized carbons (Fsp3) is 0.500. The number of rotatable bonds is 9. The fourth-order valence-electron chi connectivity index (χ4n) is 4.36. The molecule has 4 rings (SSSR count). The summed E-state index contributed by atoms with van der Waals surface area (Å²) in [5, 5.41) is 1.05. The van der Waals surface area contributed by atoms with Crippen molar-refractivity contribution >= 4 is 22.6 Å². The second-order valence-electron chi connectivity index (χ2n) is 8.30. The number of piperidine rings is 1. The minimum Gasteiger partial charge on any atom is -0.496 e. The number of fused-ring (bicyclic) bond motifs is 1. The van der Waals surface area contributed by atoms with Gasteiger partial charge in [-0.15, -0.1) is 0 Å². The Kier molecular flexibility index (Phi) is 7.08. The summed E-state index contributed by atoms with van der Waals surface area (Å²) in [5.41, 5.74) is 2.46. The van der Waals surface area contributed by atoms with E-state index in [0.717, 1.165) is 48.5 Å². The van der Waals surface area contributed by atoms with Crippen LogP contribution in [0.15, 0.2) is 24.5 Å². The molecule has 3 aromatic heterocycles. The Bertz CT molecular complexity index is 1110. The summed E-state index contributed by atoms with van der Waals surface area (Å²) in [6.45, 7) is 5.75. The molecular weight excluding hydrogens is 422 g/mol. The van der Waals surface area contributed by atoms with Gasteiger partial charge in [-0.25, -0.2) is 4.98 Å². The second-order valence-corrected chi connectivity index (χ2v) is 8.30. The molecule has 1 aliphatic rings. The van der Waals surface area contributed by atoms with E-state index in [-0.39, 0.29) is 17.9 Å². The Morgan fingerprint density at radius 2 is 2.06 bits per heavy atom. The number of ketones is 1. The van der Waals surface area contributed by atoms with E-state index in [2.05, 4.69) is 24.8 Å². The molecule has 9 heteroatoms. The molecule has 33 heavy (non-hydrogen) atoms. The molecule has 176 valence electrons. The highest BCUT2D eigenvalue weighted by atomic mass is 16.5. The largest absolute Gasteiger partial charge is 0.496 e. The van der Waals surface area contributed by atoms with Crippen LogP contribution < -0.4 is 14.4 Å². The maximum Gasteiger partial charge on any atom is 0.319 e. The van der Waals surface area contributed by atoms with Crippen molar-refractivity contribution in [2.45, 2.75) is 45.1 Å². The third-order valence-corrected chi connectivity index (χ3v) is 6.05. The number of ether oxygens (including phenoxy) is 3. The lowest BCUT2D eigenvalue weighted by Crippen LogP contribution is -2.34. The van der Waals surface area contributed by atoms with Gasteiger partial charge in [0.2, 0.25) is 0 Å². The number of Topliss-reactive ketones (excluding diaryl/α,β-unsaturated/α-hetero) is 1. The summed E-state index contributed by atoms with van der Waals surface area (Å²) in [4.78, 5) is 31.2. The van der Waals surface area contributed by atoms with E-state index in [1.807, 2.05) is 26.1 Å². The first-order valence-corrected chi connectivity index (χ1v) is 11.4. The molecule has 1 atom stereocenters. The Labute approximate surface area is 193 Å². The average Bonchev–Trinajstić information content (AvgIpc) is 3.28. The molecule has 0 saturated carbocycles. The number of nitrogens with zero attached hydrogens (tertiary/aromatic N) is 4. The van der Waals surface area contributed by atoms with Crippen LogP contribution in [0.3, 0.4) is 0 Å². The molecule has 0 aromatic carbocycles. The van der Waals surface area contributed by atoms with Crippen molar-refractivity contribution < 1.29 is 19.0 Å². The smallest absolute Gasteiger partial charge is 0.319 e. The molecule has 3 aromatic rings. The van der Waals surface area contributed by atoms with Crippen molar-refractivity contribution in [1.29, 1.82) is 0 Å². The monoisotopic (exact) mass is 453 g/mol. The molecule has 0 radical (unpaired) electrons. The number of aromatic amines is 1. The molecule has 1 N–H and O–H groups in total. The van der Waals surface area contributed by atoms with Gasteiger partial charge < -0.3 is 24.1 Å². The van der Waals surface area contributed by atoms with Crippen LogP contribution in [0, 0.1) is 0 Å². The van der Waals surface area contributed by atoms with Crippen LogP contribution in [-0.2, 0) is 4.74 Å². The SMILES string of the molecule is CCC(=O)c1cc(N2CCC(c3c[nH]c4nccc(OC)c34)CC2)nc(O[C@H](C)COC)n1. The van der Waals surface area contributed by atoms with E-state index in [0.29, 0.717) is 24.6 Å². The Morgan fingerprint density at radius 3 is 2.76 bits per heavy atom. The number of carbonyl (C=O) groups is 1. The van der Waals surface area contributed by atoms with Gasteiger partial charge in [0, 0.05) is 45.1 Å². The quantitative estimate of drug-likeness (QED) is 0.489. The molecule has 1 aliphatic heterocycles. The number of hydrogen-bond donors (Lipinski definition) is 1. The van der Waals surface area contributed by atoms with E-state index in [9.17, 15) is 4.79 Å². The van der Waals surface area contributed by atoms with Crippen LogP contribution in [0.1, 0.15) is 55.1 Å². The first kappa shape index (κ1) is 23.0. The average molecular weight is 454 g/mol. The number of carbonyl (C=O) groups excluding carboxylic acids is 1. The van der Waals surface area contributed by atoms with Gasteiger partial charge >= 0.3 is 6.01 Å². The molecule has 4 heterocycles. The van der Waals surface area contributed by atoms with Crippen LogP contribution in [-0.4, -0.2) is 65.7 Å². The minimum absolute atomic E-state index is 0.0313. The highest BCUT2D eigenvalue weighted by Gasteiger charge is 2.26. The highest BCUT2D eigenvalue weighted by Crippen LogP contribution is 2.37. The predicted octanol–water partition coefficient (Wildman–Crippen LogP) is 3.75. The van der Waals surface area contributed by atoms with Gasteiger partial charge in [0.15, 0.2) is 5.78 Å². The van der Waals surface area contributed by atoms with Crippen molar-refractivity contribution in [2.75, 3.05) is 38.8 Å². The van der Waals surface area contributed by atoms with Gasteiger partial charge in [-0.2, -0.15) is 9.97 Å². The lowest BCUT2D eigenvalue weighted by Gasteiger charge is -2.33. The summed E-state index contributed by atoms with van der Waals surface area (Å²) in [5.74, 6) is 1.91. The zero-order valence-corrected chi connectivity index (χ0v) is 19.6. The predicted molar refractivity (Wildman–Crippen MR) is 125 cm³/mol. The van der Waals surface area contributed by atoms with E-state index >= 15 is 0 Å². The number of H-pyrrole nitrogens is 1. The van der Waals surface area contributed by atoms with Crippen molar-refractivity contribution in [3.63, 3.8) is 0 Å². The topological polar surface area (TPSA) is 102 Å². The van der Waals surface area contributed by atoms with Gasteiger partial charge in [0.05, 0.1) is 19.1 Å². The van der Waals surface area contributed by atoms with E-state index in [1.54, 1.807) is 26.5 Å². The Balaban J connectivity index is 1.54. The molecule has 0 aliphatic carbocycles. The van der Waals surface area contributed by atoms with Gasteiger partial charge in [-0.3, -0.25) is 4.79 Å². The summed E-state index contributed by atoms with van der Waals surface area (Å²) in [6.07, 6.45) is 5.85. The zero-order chi connectivity index (χ0) is 23.4. The number of nitrogens with one attached hydrogen (secondary N) is 1. The maximum atomic E-state index is 12.4. The van der Waals surface area contributed by atoms with Crippen molar-refractivity contribution in [1.82, 2.24) is 19.9 Å². The number of hydrogen-bond acceptors (Lipinski definition) is 8. The van der Waals surface area contributed by atoms with E-state index < -0.39 is 0 Å². The number of pyridine rings is 1. The number of methoxy groups -OCH3 is 2. The third-order valence-electron chi connectivity index (χ3n) is 6.05. The summed E-state index contributed by atoms with van der Waals surface area (Å²) < 4.78 is 16.5. The lowest BCUT2D eigenvalue weighted by atomic mass is 9.89. The summed E-state index contributed by atoms with van der Waals surface area (Å²) in [7, 11) is 3.30. The van der Waals surface area contributed by atoms with Gasteiger partial charge in [0.1, 0.15) is 29.0 Å². The molecule has 0 amide bonds. The second kappa shape index (κ2) is 10.2. The van der Waals surface area contributed by atoms with Gasteiger partial charge in [-0.05, 0) is 37.3 Å². The Morgan fingerprint density at radius 1 is 1.27 bits per heavy atom. The van der Waals surface area contributed by atoms with Crippen molar-refractivity contribution in [2.24, 2.45) is 0 Å². The first-order chi connectivity index (χ1) is 16.0. The van der Waals surface area contributed by atoms with Gasteiger partial charge in [-0.1, -0.05) is 6.92 Å². The maximum absolute atomic E-state index is 12.4. The lowest BCUT2D eigenvalue weighted by molar-refractivity contribution is 0.0846. The molecule has 1 saturated heterocycles. The highest BCUT2D eigenvalue weighted by molar-refractivity contribution is 5.94. The van der Waals surface area contributed by atoms with Crippen LogP contribution in [0.4, 0.5) is 5.82 Å². The molecular formula is C24H31N5O4. The van der Waals surface area contributed by atoms with Crippen molar-refractivity contribution in [3.05, 3.63) is 35.8 Å². The summed E-state index contributed by atoms with van der Waals surface area (Å²) in [6, 6.07) is 3.88. The minimum atomic E-state index is -0.217. The molecule has 9 nitrogen and oxygen atoms in total. The Hall–Kier alpha value is -3.20. The molecule has 1 fully saturated rings. The van der Waals surface area contributed by atoms with Crippen LogP contribution in [0.5, 0.6) is 11.8 Å². The normalized spacial score (nSPS) is 15.6. The van der Waals surface area contributed by atoms with Crippen molar-refractivity contribution in [3.8, 4) is 11.8 Å². The van der Waals surface area contributed by atoms with Crippen LogP contribution >= 0.6 is 0 Å². The summed E-state index contributed by atoms with van der Waals surface area (Å²) >= 11 is 0. The zero-order valence-electron chi connectivity index (χ0n) is 19.6. The fourth-order valence-corrected chi connectivity index (χ4v) is 4.36. The number of aromatic nitrogens is 4. The van der Waals surface area contributed by atoms with Crippen LogP contribution in [0.2, 0.25) is 0 Å². The first-order valence-electron chi connectivity index (χ1n) is 11.4. The van der Waals surface area contributed by atoms with Crippen LogP contribution in [0.25, 0.3) is 11.0 Å². The molecule has 0 unspecified atom stereocenters. The molecule has 0 spiro atoms.